The Morgan fingerprint density at radius 2 is 2.18 bits per heavy atom. The molecule has 1 aromatic rings. The lowest BCUT2D eigenvalue weighted by atomic mass is 10.1. The van der Waals surface area contributed by atoms with Gasteiger partial charge in [0, 0.05) is 5.56 Å². The molecular formula is C13H20N2O2. The van der Waals surface area contributed by atoms with Crippen molar-refractivity contribution < 1.29 is 9.94 Å². The molecule has 0 atom stereocenters. The van der Waals surface area contributed by atoms with Gasteiger partial charge >= 0.3 is 0 Å². The Morgan fingerprint density at radius 3 is 2.76 bits per heavy atom. The molecule has 1 aromatic carbocycles. The molecule has 0 heterocycles. The van der Waals surface area contributed by atoms with Crippen LogP contribution in [0.3, 0.4) is 0 Å². The highest BCUT2D eigenvalue weighted by Gasteiger charge is 2.05. The number of hydrogen-bond donors (Lipinski definition) is 2. The molecule has 0 saturated carbocycles. The third-order valence-electron chi connectivity index (χ3n) is 2.54. The van der Waals surface area contributed by atoms with Crippen LogP contribution >= 0.6 is 0 Å². The molecule has 0 unspecified atom stereocenters. The Morgan fingerprint density at radius 1 is 1.47 bits per heavy atom. The topological polar surface area (TPSA) is 67.8 Å². The van der Waals surface area contributed by atoms with Gasteiger partial charge in [-0.3, -0.25) is 0 Å². The van der Waals surface area contributed by atoms with Crippen molar-refractivity contribution in [3.63, 3.8) is 0 Å². The first-order valence-electron chi connectivity index (χ1n) is 5.76. The number of nitrogens with two attached hydrogens (primary N) is 1. The monoisotopic (exact) mass is 236 g/mol. The van der Waals surface area contributed by atoms with Gasteiger partial charge in [0.05, 0.1) is 6.61 Å². The van der Waals surface area contributed by atoms with E-state index >= 15 is 0 Å². The second-order valence-electron chi connectivity index (χ2n) is 4.50. The molecule has 0 spiro atoms. The van der Waals surface area contributed by atoms with Gasteiger partial charge in [0.2, 0.25) is 0 Å². The van der Waals surface area contributed by atoms with Crippen LogP contribution in [0.5, 0.6) is 5.75 Å². The highest BCUT2D eigenvalue weighted by Crippen LogP contribution is 2.20. The fraction of sp³-hybridized carbons (Fsp3) is 0.462. The van der Waals surface area contributed by atoms with E-state index in [2.05, 4.69) is 19.0 Å². The van der Waals surface area contributed by atoms with Gasteiger partial charge in [-0.1, -0.05) is 31.1 Å². The Balaban J connectivity index is 2.77. The second kappa shape index (κ2) is 6.13. The number of oxime groups is 1. The van der Waals surface area contributed by atoms with Crippen molar-refractivity contribution in [2.24, 2.45) is 16.8 Å². The van der Waals surface area contributed by atoms with Crippen molar-refractivity contribution in [2.45, 2.75) is 27.2 Å². The van der Waals surface area contributed by atoms with Crippen molar-refractivity contribution in [3.05, 3.63) is 29.3 Å². The minimum absolute atomic E-state index is 0.0960. The molecule has 0 fully saturated rings. The fourth-order valence-electron chi connectivity index (χ4n) is 1.38. The first kappa shape index (κ1) is 13.4. The van der Waals surface area contributed by atoms with E-state index in [1.54, 1.807) is 12.1 Å². The molecule has 0 radical (unpaired) electrons. The van der Waals surface area contributed by atoms with Crippen LogP contribution in [0, 0.1) is 12.8 Å². The average molecular weight is 236 g/mol. The molecule has 0 bridgehead atoms. The maximum Gasteiger partial charge on any atom is 0.170 e. The first-order valence-corrected chi connectivity index (χ1v) is 5.76. The third-order valence-corrected chi connectivity index (χ3v) is 2.54. The Labute approximate surface area is 102 Å². The van der Waals surface area contributed by atoms with Crippen LogP contribution in [0.2, 0.25) is 0 Å². The highest BCUT2D eigenvalue weighted by atomic mass is 16.5. The maximum absolute atomic E-state index is 8.62. The van der Waals surface area contributed by atoms with Gasteiger partial charge in [-0.05, 0) is 30.9 Å². The van der Waals surface area contributed by atoms with Crippen LogP contribution < -0.4 is 10.5 Å². The van der Waals surface area contributed by atoms with Gasteiger partial charge in [0.25, 0.3) is 0 Å². The summed E-state index contributed by atoms with van der Waals surface area (Å²) in [4.78, 5) is 0. The largest absolute Gasteiger partial charge is 0.493 e. The van der Waals surface area contributed by atoms with E-state index in [4.69, 9.17) is 15.7 Å². The molecule has 3 N–H and O–H groups in total. The number of benzene rings is 1. The van der Waals surface area contributed by atoms with E-state index in [-0.39, 0.29) is 5.84 Å². The minimum atomic E-state index is 0.0960. The molecule has 0 amide bonds. The van der Waals surface area contributed by atoms with Crippen molar-refractivity contribution in [2.75, 3.05) is 6.61 Å². The summed E-state index contributed by atoms with van der Waals surface area (Å²) in [6, 6.07) is 5.50. The summed E-state index contributed by atoms with van der Waals surface area (Å²) in [6.45, 7) is 6.96. The number of hydrogen-bond acceptors (Lipinski definition) is 3. The lowest BCUT2D eigenvalue weighted by Gasteiger charge is -2.11. The summed E-state index contributed by atoms with van der Waals surface area (Å²) in [5.74, 6) is 1.50. The number of aryl methyl sites for hydroxylation is 1. The molecule has 4 nitrogen and oxygen atoms in total. The standard InChI is InChI=1S/C13H20N2O2/c1-9(2)6-7-17-12-8-11(13(14)15-16)5-4-10(12)3/h4-5,8-9,16H,6-7H2,1-3H3,(H2,14,15). The molecular weight excluding hydrogens is 216 g/mol. The van der Waals surface area contributed by atoms with Gasteiger partial charge in [-0.2, -0.15) is 0 Å². The van der Waals surface area contributed by atoms with Crippen LogP contribution in [-0.4, -0.2) is 17.6 Å². The van der Waals surface area contributed by atoms with Gasteiger partial charge in [0.15, 0.2) is 5.84 Å². The highest BCUT2D eigenvalue weighted by molar-refractivity contribution is 5.97. The van der Waals surface area contributed by atoms with Crippen LogP contribution in [0.1, 0.15) is 31.4 Å². The predicted molar refractivity (Wildman–Crippen MR) is 68.6 cm³/mol. The zero-order valence-electron chi connectivity index (χ0n) is 10.6. The van der Waals surface area contributed by atoms with Gasteiger partial charge < -0.3 is 15.7 Å². The normalized spacial score (nSPS) is 11.9. The van der Waals surface area contributed by atoms with E-state index in [0.29, 0.717) is 18.1 Å². The molecule has 0 saturated heterocycles. The number of rotatable bonds is 5. The summed E-state index contributed by atoms with van der Waals surface area (Å²) in [7, 11) is 0. The quantitative estimate of drug-likeness (QED) is 0.357. The van der Waals surface area contributed by atoms with Gasteiger partial charge in [0.1, 0.15) is 5.75 Å². The number of nitrogens with zero attached hydrogens (tertiary/aromatic N) is 1. The SMILES string of the molecule is Cc1ccc(/C(N)=N/O)cc1OCCC(C)C. The Bertz CT molecular complexity index is 400. The molecule has 17 heavy (non-hydrogen) atoms. The van der Waals surface area contributed by atoms with Crippen LogP contribution in [-0.2, 0) is 0 Å². The lowest BCUT2D eigenvalue weighted by molar-refractivity contribution is 0.287. The van der Waals surface area contributed by atoms with E-state index in [9.17, 15) is 0 Å². The van der Waals surface area contributed by atoms with Gasteiger partial charge in [-0.15, -0.1) is 0 Å². The van der Waals surface area contributed by atoms with E-state index in [0.717, 1.165) is 17.7 Å². The summed E-state index contributed by atoms with van der Waals surface area (Å²) in [5.41, 5.74) is 7.24. The van der Waals surface area contributed by atoms with E-state index in [1.165, 1.54) is 0 Å². The number of amidine groups is 1. The third kappa shape index (κ3) is 3.98. The average Bonchev–Trinajstić information content (AvgIpc) is 2.30. The summed E-state index contributed by atoms with van der Waals surface area (Å²) in [6.07, 6.45) is 1.01. The second-order valence-corrected chi connectivity index (χ2v) is 4.50. The van der Waals surface area contributed by atoms with Crippen molar-refractivity contribution in [1.82, 2.24) is 0 Å². The first-order chi connectivity index (χ1) is 8.04. The van der Waals surface area contributed by atoms with E-state index < -0.39 is 0 Å². The Hall–Kier alpha value is -1.71. The van der Waals surface area contributed by atoms with E-state index in [1.807, 2.05) is 13.0 Å². The zero-order valence-corrected chi connectivity index (χ0v) is 10.6. The van der Waals surface area contributed by atoms with Gasteiger partial charge in [-0.25, -0.2) is 0 Å². The summed E-state index contributed by atoms with van der Waals surface area (Å²) >= 11 is 0. The molecule has 1 rings (SSSR count). The predicted octanol–water partition coefficient (Wildman–Crippen LogP) is 2.51. The molecule has 0 aliphatic heterocycles. The van der Waals surface area contributed by atoms with Crippen molar-refractivity contribution >= 4 is 5.84 Å². The smallest absolute Gasteiger partial charge is 0.170 e. The molecule has 0 aliphatic rings. The lowest BCUT2D eigenvalue weighted by Crippen LogP contribution is -2.13. The van der Waals surface area contributed by atoms with Crippen molar-refractivity contribution in [3.8, 4) is 5.75 Å². The minimum Gasteiger partial charge on any atom is -0.493 e. The zero-order chi connectivity index (χ0) is 12.8. The maximum atomic E-state index is 8.62. The fourth-order valence-corrected chi connectivity index (χ4v) is 1.38. The summed E-state index contributed by atoms with van der Waals surface area (Å²) in [5, 5.41) is 11.6. The van der Waals surface area contributed by atoms with Crippen LogP contribution in [0.15, 0.2) is 23.4 Å². The Kier molecular flexibility index (Phi) is 4.82. The molecule has 94 valence electrons. The summed E-state index contributed by atoms with van der Waals surface area (Å²) < 4.78 is 5.69. The molecule has 0 aliphatic carbocycles. The van der Waals surface area contributed by atoms with Crippen LogP contribution in [0.4, 0.5) is 0 Å². The molecule has 4 heteroatoms. The van der Waals surface area contributed by atoms with Crippen LogP contribution in [0.25, 0.3) is 0 Å². The number of ether oxygens (including phenoxy) is 1. The molecule has 0 aromatic heterocycles. The van der Waals surface area contributed by atoms with Crippen molar-refractivity contribution in [1.29, 1.82) is 0 Å².